The summed E-state index contributed by atoms with van der Waals surface area (Å²) in [6, 6.07) is 0. The van der Waals surface area contributed by atoms with Crippen molar-refractivity contribution in [3.05, 3.63) is 22.6 Å². The molecule has 0 aliphatic carbocycles. The van der Waals surface area contributed by atoms with Gasteiger partial charge in [0.1, 0.15) is 5.88 Å². The molecule has 0 N–H and O–H groups in total. The summed E-state index contributed by atoms with van der Waals surface area (Å²) >= 11 is 0. The van der Waals surface area contributed by atoms with Gasteiger partial charge in [-0.25, -0.2) is 8.42 Å². The molecule has 0 aromatic carbocycles. The van der Waals surface area contributed by atoms with Gasteiger partial charge in [-0.2, -0.15) is 4.31 Å². The zero-order valence-electron chi connectivity index (χ0n) is 7.00. The lowest BCUT2D eigenvalue weighted by molar-refractivity contribution is 0.438. The van der Waals surface area contributed by atoms with Gasteiger partial charge in [-0.15, -0.1) is 0 Å². The minimum absolute atomic E-state index is 0.378. The van der Waals surface area contributed by atoms with Crippen LogP contribution in [0.25, 0.3) is 10.4 Å². The van der Waals surface area contributed by atoms with E-state index in [9.17, 15) is 8.42 Å². The molecule has 0 bridgehead atoms. The molecule has 0 aromatic rings. The summed E-state index contributed by atoms with van der Waals surface area (Å²) in [7, 11) is -3.38. The lowest BCUT2D eigenvalue weighted by atomic mass is 10.3. The van der Waals surface area contributed by atoms with Crippen LogP contribution in [-0.4, -0.2) is 31.7 Å². The fraction of sp³-hybridized carbons (Fsp3) is 0.667. The van der Waals surface area contributed by atoms with Crippen molar-refractivity contribution in [3.63, 3.8) is 0 Å². The van der Waals surface area contributed by atoms with E-state index in [4.69, 9.17) is 5.53 Å². The quantitative estimate of drug-likeness (QED) is 0.294. The number of nitrogens with zero attached hydrogens (tertiary/aromatic N) is 4. The molecule has 0 unspecified atom stereocenters. The van der Waals surface area contributed by atoms with Crippen LogP contribution in [0.2, 0.25) is 0 Å². The maximum absolute atomic E-state index is 11.4. The van der Waals surface area contributed by atoms with Crippen LogP contribution >= 0.6 is 0 Å². The van der Waals surface area contributed by atoms with E-state index < -0.39 is 15.9 Å². The van der Waals surface area contributed by atoms with E-state index in [0.717, 1.165) is 6.42 Å². The predicted molar refractivity (Wildman–Crippen MR) is 48.3 cm³/mol. The summed E-state index contributed by atoms with van der Waals surface area (Å²) in [6.45, 7) is 0.850. The molecule has 1 heterocycles. The summed E-state index contributed by atoms with van der Waals surface area (Å²) in [5, 5.41) is 3.05. The Bertz CT molecular complexity index is 342. The Balaban J connectivity index is 2.68. The summed E-state index contributed by atoms with van der Waals surface area (Å²) in [5.74, 6) is -0.489. The van der Waals surface area contributed by atoms with Crippen LogP contribution in [0, 0.1) is 0 Å². The fourth-order valence-corrected chi connectivity index (χ4v) is 2.11. The van der Waals surface area contributed by atoms with Gasteiger partial charge < -0.3 is 0 Å². The Morgan fingerprint density at radius 1 is 1.54 bits per heavy atom. The molecular weight excluding hydrogens is 192 g/mol. The van der Waals surface area contributed by atoms with Crippen molar-refractivity contribution in [3.8, 4) is 0 Å². The second-order valence-corrected chi connectivity index (χ2v) is 4.53. The number of hydrogen-bond donors (Lipinski definition) is 0. The highest BCUT2D eigenvalue weighted by atomic mass is 32.2. The van der Waals surface area contributed by atoms with Gasteiger partial charge in [-0.05, 0) is 12.0 Å². The molecule has 0 fully saturated rings. The fourth-order valence-electron chi connectivity index (χ4n) is 1.05. The summed E-state index contributed by atoms with van der Waals surface area (Å²) in [4.78, 5) is 2.42. The number of azide groups is 1. The summed E-state index contributed by atoms with van der Waals surface area (Å²) in [6.07, 6.45) is 4.44. The van der Waals surface area contributed by atoms with Crippen molar-refractivity contribution in [1.29, 1.82) is 0 Å². The molecule has 0 saturated heterocycles. The average Bonchev–Trinajstić information content (AvgIpc) is 2.16. The van der Waals surface area contributed by atoms with Crippen molar-refractivity contribution >= 4 is 10.0 Å². The van der Waals surface area contributed by atoms with Crippen LogP contribution in [0.5, 0.6) is 0 Å². The molecule has 6 nitrogen and oxygen atoms in total. The Labute approximate surface area is 76.5 Å². The molecule has 13 heavy (non-hydrogen) atoms. The van der Waals surface area contributed by atoms with E-state index in [1.807, 2.05) is 6.08 Å². The Kier molecular flexibility index (Phi) is 3.30. The smallest absolute Gasteiger partial charge is 0.212 e. The number of hydrogen-bond acceptors (Lipinski definition) is 3. The zero-order valence-corrected chi connectivity index (χ0v) is 7.81. The second kappa shape index (κ2) is 4.27. The van der Waals surface area contributed by atoms with E-state index in [1.54, 1.807) is 6.08 Å². The maximum atomic E-state index is 11.4. The minimum atomic E-state index is -3.38. The standard InChI is InChI=1S/C6H10N4O2S/c7-9-8-6-13(11,12)10-4-2-1-3-5-10/h1-2H,3-6H2. The molecular formula is C6H10N4O2S. The maximum Gasteiger partial charge on any atom is 0.220 e. The van der Waals surface area contributed by atoms with E-state index in [1.165, 1.54) is 4.31 Å². The van der Waals surface area contributed by atoms with Gasteiger partial charge in [-0.1, -0.05) is 17.3 Å². The van der Waals surface area contributed by atoms with Crippen LogP contribution in [0.4, 0.5) is 0 Å². The first kappa shape index (κ1) is 10.0. The van der Waals surface area contributed by atoms with Crippen molar-refractivity contribution in [2.45, 2.75) is 6.42 Å². The third-order valence-electron chi connectivity index (χ3n) is 1.70. The topological polar surface area (TPSA) is 86.1 Å². The molecule has 0 aromatic heterocycles. The molecule has 7 heteroatoms. The normalized spacial score (nSPS) is 18.2. The Hall–Kier alpha value is -1.04. The van der Waals surface area contributed by atoms with Crippen molar-refractivity contribution in [2.24, 2.45) is 5.11 Å². The highest BCUT2D eigenvalue weighted by Gasteiger charge is 2.20. The second-order valence-electron chi connectivity index (χ2n) is 2.59. The monoisotopic (exact) mass is 202 g/mol. The Morgan fingerprint density at radius 2 is 2.31 bits per heavy atom. The molecule has 0 saturated carbocycles. The van der Waals surface area contributed by atoms with E-state index >= 15 is 0 Å². The van der Waals surface area contributed by atoms with Crippen LogP contribution in [0.15, 0.2) is 17.3 Å². The highest BCUT2D eigenvalue weighted by molar-refractivity contribution is 7.89. The van der Waals surface area contributed by atoms with Gasteiger partial charge >= 0.3 is 0 Å². The SMILES string of the molecule is [N-]=[N+]=NCS(=O)(=O)N1CC=CCC1. The molecule has 0 radical (unpaired) electrons. The largest absolute Gasteiger partial charge is 0.220 e. The predicted octanol–water partition coefficient (Wildman–Crippen LogP) is 0.846. The average molecular weight is 202 g/mol. The molecule has 0 atom stereocenters. The first-order valence-electron chi connectivity index (χ1n) is 3.80. The van der Waals surface area contributed by atoms with E-state index in [-0.39, 0.29) is 0 Å². The highest BCUT2D eigenvalue weighted by Crippen LogP contribution is 2.08. The van der Waals surface area contributed by atoms with Crippen molar-refractivity contribution in [1.82, 2.24) is 4.31 Å². The molecule has 1 aliphatic heterocycles. The summed E-state index contributed by atoms with van der Waals surface area (Å²) in [5.41, 5.74) is 7.99. The first-order chi connectivity index (χ1) is 6.17. The van der Waals surface area contributed by atoms with E-state index in [0.29, 0.717) is 13.1 Å². The number of sulfonamides is 1. The first-order valence-corrected chi connectivity index (χ1v) is 5.41. The molecule has 1 rings (SSSR count). The van der Waals surface area contributed by atoms with Gasteiger partial charge in [0.15, 0.2) is 0 Å². The van der Waals surface area contributed by atoms with Crippen molar-refractivity contribution < 1.29 is 8.42 Å². The lowest BCUT2D eigenvalue weighted by Gasteiger charge is -2.21. The summed E-state index contributed by atoms with van der Waals surface area (Å²) < 4.78 is 24.1. The minimum Gasteiger partial charge on any atom is -0.212 e. The zero-order chi connectivity index (χ0) is 9.73. The third-order valence-corrected chi connectivity index (χ3v) is 3.26. The van der Waals surface area contributed by atoms with Crippen LogP contribution in [-0.2, 0) is 10.0 Å². The van der Waals surface area contributed by atoms with Crippen LogP contribution in [0.3, 0.4) is 0 Å². The van der Waals surface area contributed by atoms with Crippen LogP contribution in [0.1, 0.15) is 6.42 Å². The van der Waals surface area contributed by atoms with Gasteiger partial charge in [0.05, 0.1) is 0 Å². The Morgan fingerprint density at radius 3 is 2.85 bits per heavy atom. The van der Waals surface area contributed by atoms with Crippen molar-refractivity contribution in [2.75, 3.05) is 19.0 Å². The molecule has 0 amide bonds. The van der Waals surface area contributed by atoms with Gasteiger partial charge in [0.25, 0.3) is 0 Å². The molecule has 1 aliphatic rings. The molecule has 72 valence electrons. The van der Waals surface area contributed by atoms with Gasteiger partial charge in [0, 0.05) is 18.0 Å². The third kappa shape index (κ3) is 2.73. The molecule has 0 spiro atoms. The van der Waals surface area contributed by atoms with Gasteiger partial charge in [0.2, 0.25) is 10.0 Å². The van der Waals surface area contributed by atoms with Gasteiger partial charge in [-0.3, -0.25) is 0 Å². The van der Waals surface area contributed by atoms with Crippen LogP contribution < -0.4 is 0 Å². The number of rotatable bonds is 3. The van der Waals surface area contributed by atoms with E-state index in [2.05, 4.69) is 10.0 Å². The lowest BCUT2D eigenvalue weighted by Crippen LogP contribution is -2.34.